The molecule has 0 radical (unpaired) electrons. The lowest BCUT2D eigenvalue weighted by atomic mass is 10.4. The molecule has 0 spiro atoms. The Balaban J connectivity index is 2.88. The lowest BCUT2D eigenvalue weighted by Gasteiger charge is -2.05. The first-order valence-electron chi connectivity index (χ1n) is 2.78. The van der Waals surface area contributed by atoms with Gasteiger partial charge in [-0.15, -0.1) is 0 Å². The minimum Gasteiger partial charge on any atom is -0.394 e. The van der Waals surface area contributed by atoms with Gasteiger partial charge in [-0.2, -0.15) is 0 Å². The van der Waals surface area contributed by atoms with Gasteiger partial charge < -0.3 is 20.1 Å². The van der Waals surface area contributed by atoms with Gasteiger partial charge >= 0.3 is 0 Å². The van der Waals surface area contributed by atoms with Gasteiger partial charge in [0.05, 0.1) is 26.4 Å². The van der Waals surface area contributed by atoms with Crippen LogP contribution in [0, 0.1) is 0 Å². The van der Waals surface area contributed by atoms with Crippen molar-refractivity contribution in [1.29, 1.82) is 0 Å². The molecule has 0 fully saturated rings. The molecule has 4 nitrogen and oxygen atoms in total. The summed E-state index contributed by atoms with van der Waals surface area (Å²) in [5.74, 6) is 0. The Morgan fingerprint density at radius 3 is 2.44 bits per heavy atom. The van der Waals surface area contributed by atoms with Gasteiger partial charge in [-0.1, -0.05) is 0 Å². The van der Waals surface area contributed by atoms with Crippen LogP contribution >= 0.6 is 0 Å². The highest BCUT2D eigenvalue weighted by Gasteiger charge is 1.99. The van der Waals surface area contributed by atoms with E-state index in [-0.39, 0.29) is 26.4 Å². The van der Waals surface area contributed by atoms with Crippen molar-refractivity contribution in [3.8, 4) is 0 Å². The highest BCUT2D eigenvalue weighted by molar-refractivity contribution is 4.47. The van der Waals surface area contributed by atoms with Gasteiger partial charge in [0.1, 0.15) is 6.10 Å². The maximum absolute atomic E-state index is 8.63. The predicted octanol–water partition coefficient (Wildman–Crippen LogP) is -1.65. The predicted molar refractivity (Wildman–Crippen MR) is 31.0 cm³/mol. The SMILES string of the molecule is OCCOC[C@H](O)CO. The quantitative estimate of drug-likeness (QED) is 0.396. The van der Waals surface area contributed by atoms with E-state index in [1.807, 2.05) is 0 Å². The number of hydrogen-bond acceptors (Lipinski definition) is 4. The van der Waals surface area contributed by atoms with Gasteiger partial charge in [0.25, 0.3) is 0 Å². The minimum absolute atomic E-state index is 0.0574. The summed E-state index contributed by atoms with van der Waals surface area (Å²) in [7, 11) is 0. The summed E-state index contributed by atoms with van der Waals surface area (Å²) in [6.07, 6.45) is -0.823. The smallest absolute Gasteiger partial charge is 0.100 e. The van der Waals surface area contributed by atoms with Crippen LogP contribution in [0.3, 0.4) is 0 Å². The fourth-order valence-electron chi connectivity index (χ4n) is 0.337. The molecular formula is C5H12O4. The molecule has 0 unspecified atom stereocenters. The van der Waals surface area contributed by atoms with Gasteiger partial charge in [0.15, 0.2) is 0 Å². The molecule has 0 amide bonds. The standard InChI is InChI=1S/C5H12O4/c6-1-2-9-4-5(8)3-7/h5-8H,1-4H2/t5-/m1/s1. The molecule has 3 N–H and O–H groups in total. The van der Waals surface area contributed by atoms with Crippen molar-refractivity contribution in [3.05, 3.63) is 0 Å². The number of ether oxygens (including phenoxy) is 1. The Morgan fingerprint density at radius 1 is 1.33 bits per heavy atom. The molecule has 56 valence electrons. The summed E-state index contributed by atoms with van der Waals surface area (Å²) in [6.45, 7) is -0.0717. The van der Waals surface area contributed by atoms with E-state index in [9.17, 15) is 0 Å². The van der Waals surface area contributed by atoms with Crippen LogP contribution in [0.2, 0.25) is 0 Å². The average molecular weight is 136 g/mol. The molecule has 9 heavy (non-hydrogen) atoms. The van der Waals surface area contributed by atoms with Crippen LogP contribution < -0.4 is 0 Å². The van der Waals surface area contributed by atoms with Crippen LogP contribution in [-0.2, 0) is 4.74 Å². The third-order valence-electron chi connectivity index (χ3n) is 0.757. The zero-order valence-corrected chi connectivity index (χ0v) is 5.16. The Morgan fingerprint density at radius 2 is 2.00 bits per heavy atom. The molecule has 0 bridgehead atoms. The van der Waals surface area contributed by atoms with E-state index in [2.05, 4.69) is 4.74 Å². The first-order valence-corrected chi connectivity index (χ1v) is 2.78. The van der Waals surface area contributed by atoms with E-state index in [1.165, 1.54) is 0 Å². The Labute approximate surface area is 53.7 Å². The van der Waals surface area contributed by atoms with E-state index in [0.29, 0.717) is 0 Å². The van der Waals surface area contributed by atoms with Crippen LogP contribution in [0.1, 0.15) is 0 Å². The third-order valence-corrected chi connectivity index (χ3v) is 0.757. The molecule has 0 aromatic rings. The topological polar surface area (TPSA) is 69.9 Å². The largest absolute Gasteiger partial charge is 0.394 e. The minimum atomic E-state index is -0.823. The summed E-state index contributed by atoms with van der Waals surface area (Å²) >= 11 is 0. The maximum atomic E-state index is 8.63. The van der Waals surface area contributed by atoms with Crippen molar-refractivity contribution in [2.45, 2.75) is 6.10 Å². The lowest BCUT2D eigenvalue weighted by molar-refractivity contribution is -0.00361. The van der Waals surface area contributed by atoms with Crippen molar-refractivity contribution in [3.63, 3.8) is 0 Å². The van der Waals surface area contributed by atoms with Crippen LogP contribution in [0.4, 0.5) is 0 Å². The number of aliphatic hydroxyl groups is 3. The fraction of sp³-hybridized carbons (Fsp3) is 1.00. The summed E-state index contributed by atoms with van der Waals surface area (Å²) in [6, 6.07) is 0. The van der Waals surface area contributed by atoms with Gasteiger partial charge in [0, 0.05) is 0 Å². The molecule has 0 aromatic heterocycles. The molecule has 1 atom stereocenters. The molecule has 0 saturated carbocycles. The normalized spacial score (nSPS) is 13.7. The average Bonchev–Trinajstić information content (AvgIpc) is 1.89. The zero-order chi connectivity index (χ0) is 7.11. The van der Waals surface area contributed by atoms with Gasteiger partial charge in [0.2, 0.25) is 0 Å². The lowest BCUT2D eigenvalue weighted by Crippen LogP contribution is -2.20. The maximum Gasteiger partial charge on any atom is 0.100 e. The molecule has 0 rings (SSSR count). The van der Waals surface area contributed by atoms with Crippen molar-refractivity contribution < 1.29 is 20.1 Å². The second-order valence-electron chi connectivity index (χ2n) is 1.63. The number of aliphatic hydroxyl groups excluding tert-OH is 3. The molecule has 0 aliphatic carbocycles. The summed E-state index contributed by atoms with van der Waals surface area (Å²) < 4.78 is 4.68. The van der Waals surface area contributed by atoms with E-state index in [4.69, 9.17) is 15.3 Å². The Bertz CT molecular complexity index is 56.9. The van der Waals surface area contributed by atoms with Gasteiger partial charge in [-0.05, 0) is 0 Å². The van der Waals surface area contributed by atoms with Crippen LogP contribution in [0.5, 0.6) is 0 Å². The number of hydrogen-bond donors (Lipinski definition) is 3. The van der Waals surface area contributed by atoms with Crippen LogP contribution in [0.25, 0.3) is 0 Å². The second-order valence-corrected chi connectivity index (χ2v) is 1.63. The monoisotopic (exact) mass is 136 g/mol. The summed E-state index contributed by atoms with van der Waals surface area (Å²) in [5, 5.41) is 25.1. The molecule has 0 heterocycles. The Hall–Kier alpha value is -0.160. The zero-order valence-electron chi connectivity index (χ0n) is 5.16. The summed E-state index contributed by atoms with van der Waals surface area (Å²) in [4.78, 5) is 0. The third kappa shape index (κ3) is 5.72. The van der Waals surface area contributed by atoms with Crippen molar-refractivity contribution in [1.82, 2.24) is 0 Å². The fourth-order valence-corrected chi connectivity index (χ4v) is 0.337. The first-order chi connectivity index (χ1) is 4.31. The van der Waals surface area contributed by atoms with E-state index in [1.54, 1.807) is 0 Å². The van der Waals surface area contributed by atoms with Crippen molar-refractivity contribution >= 4 is 0 Å². The van der Waals surface area contributed by atoms with Crippen LogP contribution in [-0.4, -0.2) is 47.9 Å². The van der Waals surface area contributed by atoms with Crippen molar-refractivity contribution in [2.75, 3.05) is 26.4 Å². The molecular weight excluding hydrogens is 124 g/mol. The van der Waals surface area contributed by atoms with Gasteiger partial charge in [-0.3, -0.25) is 0 Å². The van der Waals surface area contributed by atoms with Crippen LogP contribution in [0.15, 0.2) is 0 Å². The molecule has 0 saturated heterocycles. The Kier molecular flexibility index (Phi) is 5.86. The van der Waals surface area contributed by atoms with E-state index < -0.39 is 6.10 Å². The van der Waals surface area contributed by atoms with Gasteiger partial charge in [-0.25, -0.2) is 0 Å². The second kappa shape index (κ2) is 5.97. The highest BCUT2D eigenvalue weighted by atomic mass is 16.5. The summed E-state index contributed by atoms with van der Waals surface area (Å²) in [5.41, 5.74) is 0. The number of rotatable bonds is 5. The first kappa shape index (κ1) is 8.84. The van der Waals surface area contributed by atoms with E-state index >= 15 is 0 Å². The van der Waals surface area contributed by atoms with Crippen molar-refractivity contribution in [2.24, 2.45) is 0 Å². The molecule has 4 heteroatoms. The molecule has 0 aliphatic heterocycles. The molecule has 0 aromatic carbocycles. The van der Waals surface area contributed by atoms with E-state index in [0.717, 1.165) is 0 Å². The molecule has 0 aliphatic rings. The highest BCUT2D eigenvalue weighted by Crippen LogP contribution is 1.81.